The van der Waals surface area contributed by atoms with E-state index in [2.05, 4.69) is 10.2 Å². The maximum atomic E-state index is 9.65. The summed E-state index contributed by atoms with van der Waals surface area (Å²) in [5.74, 6) is 0.912. The van der Waals surface area contributed by atoms with E-state index in [-0.39, 0.29) is 30.6 Å². The molecule has 22 heavy (non-hydrogen) atoms. The zero-order valence-corrected chi connectivity index (χ0v) is 15.0. The lowest BCUT2D eigenvalue weighted by molar-refractivity contribution is 0.125. The highest BCUT2D eigenvalue weighted by Crippen LogP contribution is 2.41. The summed E-state index contributed by atoms with van der Waals surface area (Å²) in [6.07, 6.45) is 5.32. The quantitative estimate of drug-likeness (QED) is 0.847. The summed E-state index contributed by atoms with van der Waals surface area (Å²) in [7, 11) is 0. The number of nitrogens with zero attached hydrogens (tertiary/aromatic N) is 1. The van der Waals surface area contributed by atoms with E-state index in [1.165, 1.54) is 31.2 Å². The number of benzene rings is 1. The summed E-state index contributed by atoms with van der Waals surface area (Å²) in [6.45, 7) is 4.32. The molecule has 3 nitrogen and oxygen atoms in total. The molecule has 3 rings (SSSR count). The maximum absolute atomic E-state index is 9.65. The fraction of sp³-hybridized carbons (Fsp3) is 0.625. The Morgan fingerprint density at radius 2 is 1.77 bits per heavy atom. The van der Waals surface area contributed by atoms with Crippen molar-refractivity contribution in [3.8, 4) is 5.75 Å². The lowest BCUT2D eigenvalue weighted by Crippen LogP contribution is -2.46. The molecule has 2 fully saturated rings. The molecule has 126 valence electrons. The number of rotatable bonds is 3. The molecule has 1 atom stereocenters. The first kappa shape index (κ1) is 19.9. The van der Waals surface area contributed by atoms with Crippen LogP contribution in [-0.2, 0) is 0 Å². The van der Waals surface area contributed by atoms with E-state index in [1.807, 2.05) is 12.1 Å². The summed E-state index contributed by atoms with van der Waals surface area (Å²) >= 11 is 6.12. The zero-order valence-electron chi connectivity index (χ0n) is 12.6. The van der Waals surface area contributed by atoms with E-state index in [9.17, 15) is 5.11 Å². The van der Waals surface area contributed by atoms with Gasteiger partial charge in [0.2, 0.25) is 0 Å². The van der Waals surface area contributed by atoms with Crippen LogP contribution in [-0.4, -0.2) is 36.2 Å². The third-order valence-corrected chi connectivity index (χ3v) is 5.01. The van der Waals surface area contributed by atoms with E-state index < -0.39 is 0 Å². The second-order valence-electron chi connectivity index (χ2n) is 5.99. The van der Waals surface area contributed by atoms with Gasteiger partial charge in [-0.15, -0.1) is 24.8 Å². The maximum Gasteiger partial charge on any atom is 0.134 e. The van der Waals surface area contributed by atoms with Gasteiger partial charge in [0, 0.05) is 32.2 Å². The molecular formula is C16H25Cl3N2O. The van der Waals surface area contributed by atoms with Gasteiger partial charge in [-0.3, -0.25) is 4.90 Å². The predicted molar refractivity (Wildman–Crippen MR) is 96.8 cm³/mol. The molecule has 1 aromatic carbocycles. The number of hydrogen-bond donors (Lipinski definition) is 2. The van der Waals surface area contributed by atoms with Gasteiger partial charge in [0.05, 0.1) is 5.02 Å². The Hall–Kier alpha value is -0.190. The fourth-order valence-electron chi connectivity index (χ4n) is 3.72. The molecule has 0 aromatic heterocycles. The molecule has 0 unspecified atom stereocenters. The van der Waals surface area contributed by atoms with Crippen LogP contribution in [0.15, 0.2) is 18.2 Å². The third-order valence-electron chi connectivity index (χ3n) is 4.70. The Kier molecular flexibility index (Phi) is 8.29. The SMILES string of the molecule is Cl.Cl.Oc1ccc([C@@H](C2CCCC2)N2CCNCC2)cc1Cl. The molecular weight excluding hydrogens is 343 g/mol. The molecule has 1 heterocycles. The van der Waals surface area contributed by atoms with E-state index in [1.54, 1.807) is 6.07 Å². The molecule has 1 saturated heterocycles. The lowest BCUT2D eigenvalue weighted by atomic mass is 9.89. The second kappa shape index (κ2) is 9.19. The largest absolute Gasteiger partial charge is 0.506 e. The van der Waals surface area contributed by atoms with Crippen LogP contribution < -0.4 is 5.32 Å². The average Bonchev–Trinajstić information content (AvgIpc) is 2.98. The summed E-state index contributed by atoms with van der Waals surface area (Å²) in [4.78, 5) is 2.59. The first-order valence-electron chi connectivity index (χ1n) is 7.69. The topological polar surface area (TPSA) is 35.5 Å². The van der Waals surface area contributed by atoms with Gasteiger partial charge in [0.15, 0.2) is 0 Å². The summed E-state index contributed by atoms with van der Waals surface area (Å²) < 4.78 is 0. The van der Waals surface area contributed by atoms with Gasteiger partial charge in [-0.2, -0.15) is 0 Å². The molecule has 0 amide bonds. The van der Waals surface area contributed by atoms with Crippen LogP contribution in [0.2, 0.25) is 5.02 Å². The molecule has 2 aliphatic rings. The lowest BCUT2D eigenvalue weighted by Gasteiger charge is -2.38. The van der Waals surface area contributed by atoms with Crippen molar-refractivity contribution in [1.82, 2.24) is 10.2 Å². The minimum Gasteiger partial charge on any atom is -0.506 e. The number of piperazine rings is 1. The van der Waals surface area contributed by atoms with Gasteiger partial charge in [0.1, 0.15) is 5.75 Å². The first-order chi connectivity index (χ1) is 9.75. The van der Waals surface area contributed by atoms with Crippen LogP contribution in [0.3, 0.4) is 0 Å². The molecule has 0 spiro atoms. The smallest absolute Gasteiger partial charge is 0.134 e. The van der Waals surface area contributed by atoms with Crippen molar-refractivity contribution in [3.05, 3.63) is 28.8 Å². The van der Waals surface area contributed by atoms with Crippen molar-refractivity contribution in [3.63, 3.8) is 0 Å². The highest BCUT2D eigenvalue weighted by Gasteiger charge is 2.32. The van der Waals surface area contributed by atoms with Crippen molar-refractivity contribution >= 4 is 36.4 Å². The van der Waals surface area contributed by atoms with Crippen molar-refractivity contribution < 1.29 is 5.11 Å². The van der Waals surface area contributed by atoms with Gasteiger partial charge < -0.3 is 10.4 Å². The Bertz CT molecular complexity index is 461. The van der Waals surface area contributed by atoms with Crippen LogP contribution in [0.5, 0.6) is 5.75 Å². The molecule has 1 aliphatic carbocycles. The molecule has 1 aromatic rings. The standard InChI is InChI=1S/C16H23ClN2O.2ClH/c17-14-11-13(5-6-15(14)20)16(12-3-1-2-4-12)19-9-7-18-8-10-19;;/h5-6,11-12,16,18,20H,1-4,7-10H2;2*1H/t16-;;/m1../s1. The molecule has 0 bridgehead atoms. The number of aromatic hydroxyl groups is 1. The van der Waals surface area contributed by atoms with Crippen LogP contribution in [0.25, 0.3) is 0 Å². The number of hydrogen-bond acceptors (Lipinski definition) is 3. The van der Waals surface area contributed by atoms with E-state index in [0.717, 1.165) is 32.1 Å². The monoisotopic (exact) mass is 366 g/mol. The summed E-state index contributed by atoms with van der Waals surface area (Å²) in [5.41, 5.74) is 1.27. The molecule has 1 aliphatic heterocycles. The average molecular weight is 368 g/mol. The predicted octanol–water partition coefficient (Wildman–Crippen LogP) is 4.03. The third kappa shape index (κ3) is 4.42. The summed E-state index contributed by atoms with van der Waals surface area (Å²) in [6, 6.07) is 6.20. The van der Waals surface area contributed by atoms with Crippen LogP contribution in [0.4, 0.5) is 0 Å². The molecule has 6 heteroatoms. The fourth-order valence-corrected chi connectivity index (χ4v) is 3.91. The second-order valence-corrected chi connectivity index (χ2v) is 6.39. The minimum atomic E-state index is 0. The molecule has 1 saturated carbocycles. The van der Waals surface area contributed by atoms with E-state index in [0.29, 0.717) is 11.1 Å². The normalized spacial score (nSPS) is 21.0. The highest BCUT2D eigenvalue weighted by atomic mass is 35.5. The van der Waals surface area contributed by atoms with Gasteiger partial charge >= 0.3 is 0 Å². The van der Waals surface area contributed by atoms with Crippen LogP contribution in [0.1, 0.15) is 37.3 Å². The molecule has 0 radical (unpaired) electrons. The number of phenolic OH excluding ortho intramolecular Hbond substituents is 1. The Labute approximate surface area is 150 Å². The minimum absolute atomic E-state index is 0. The Morgan fingerprint density at radius 3 is 2.36 bits per heavy atom. The van der Waals surface area contributed by atoms with Crippen LogP contribution in [0, 0.1) is 5.92 Å². The van der Waals surface area contributed by atoms with Gasteiger partial charge in [-0.1, -0.05) is 30.5 Å². The van der Waals surface area contributed by atoms with Gasteiger partial charge in [0.25, 0.3) is 0 Å². The summed E-state index contributed by atoms with van der Waals surface area (Å²) in [5, 5.41) is 13.5. The van der Waals surface area contributed by atoms with E-state index in [4.69, 9.17) is 11.6 Å². The molecule has 2 N–H and O–H groups in total. The number of nitrogens with one attached hydrogen (secondary N) is 1. The number of phenols is 1. The van der Waals surface area contributed by atoms with Crippen molar-refractivity contribution in [1.29, 1.82) is 0 Å². The van der Waals surface area contributed by atoms with Gasteiger partial charge in [-0.05, 0) is 36.5 Å². The Morgan fingerprint density at radius 1 is 1.14 bits per heavy atom. The van der Waals surface area contributed by atoms with Crippen LogP contribution >= 0.6 is 36.4 Å². The van der Waals surface area contributed by atoms with Crippen molar-refractivity contribution in [2.24, 2.45) is 5.92 Å². The van der Waals surface area contributed by atoms with Gasteiger partial charge in [-0.25, -0.2) is 0 Å². The van der Waals surface area contributed by atoms with E-state index >= 15 is 0 Å². The highest BCUT2D eigenvalue weighted by molar-refractivity contribution is 6.32. The number of halogens is 3. The zero-order chi connectivity index (χ0) is 13.9. The van der Waals surface area contributed by atoms with Crippen molar-refractivity contribution in [2.75, 3.05) is 26.2 Å². The Balaban J connectivity index is 0.00000121. The first-order valence-corrected chi connectivity index (χ1v) is 8.06. The van der Waals surface area contributed by atoms with Crippen molar-refractivity contribution in [2.45, 2.75) is 31.7 Å².